The van der Waals surface area contributed by atoms with E-state index < -0.39 is 5.12 Å². The van der Waals surface area contributed by atoms with Crippen LogP contribution in [0.4, 0.5) is 0 Å². The summed E-state index contributed by atoms with van der Waals surface area (Å²) in [5.74, 6) is -0.0874. The first-order valence-electron chi connectivity index (χ1n) is 3.72. The predicted octanol–water partition coefficient (Wildman–Crippen LogP) is 2.42. The van der Waals surface area contributed by atoms with Gasteiger partial charge in [0.15, 0.2) is 5.12 Å². The topological polar surface area (TPSA) is 54.4 Å². The van der Waals surface area contributed by atoms with Crippen molar-refractivity contribution in [1.82, 2.24) is 0 Å². The van der Waals surface area contributed by atoms with E-state index in [2.05, 4.69) is 0 Å². The molecule has 1 aromatic carbocycles. The highest BCUT2D eigenvalue weighted by atomic mass is 127. The Bertz CT molecular complexity index is 390. The normalized spacial score (nSPS) is 9.86. The molecule has 0 aromatic heterocycles. The summed E-state index contributed by atoms with van der Waals surface area (Å²) in [6.07, 6.45) is 0. The fourth-order valence-corrected chi connectivity index (χ4v) is 1.88. The molecule has 0 fully saturated rings. The molecule has 14 heavy (non-hydrogen) atoms. The molecule has 0 spiro atoms. The van der Waals surface area contributed by atoms with Gasteiger partial charge in [0.1, 0.15) is 5.75 Å². The Hall–Kier alpha value is -0.560. The number of phenolic OH excluding ortho intramolecular Hbond substituents is 1. The maximum atomic E-state index is 11.4. The first-order chi connectivity index (χ1) is 6.50. The lowest BCUT2D eigenvalue weighted by Crippen LogP contribution is -1.97. The van der Waals surface area contributed by atoms with Crippen LogP contribution in [-0.4, -0.2) is 15.3 Å². The minimum absolute atomic E-state index is 0.0874. The number of thioether (sulfide) groups is 1. The molecule has 0 amide bonds. The lowest BCUT2D eigenvalue weighted by Gasteiger charge is -2.01. The van der Waals surface area contributed by atoms with E-state index in [0.717, 1.165) is 3.57 Å². The molecule has 0 aliphatic rings. The minimum atomic E-state index is -0.425. The molecule has 74 valence electrons. The van der Waals surface area contributed by atoms with Crippen molar-refractivity contribution in [2.24, 2.45) is 0 Å². The zero-order valence-corrected chi connectivity index (χ0v) is 10.3. The molecule has 0 atom stereocenters. The Morgan fingerprint density at radius 2 is 2.07 bits per heavy atom. The van der Waals surface area contributed by atoms with Crippen LogP contribution in [0.3, 0.4) is 0 Å². The summed E-state index contributed by atoms with van der Waals surface area (Å²) >= 11 is 2.61. The molecule has 0 bridgehead atoms. The van der Waals surface area contributed by atoms with Crippen LogP contribution in [0.15, 0.2) is 18.2 Å². The zero-order valence-electron chi connectivity index (χ0n) is 7.28. The van der Waals surface area contributed by atoms with Gasteiger partial charge in [0.25, 0.3) is 0 Å². The molecule has 5 heteroatoms. The van der Waals surface area contributed by atoms with Crippen LogP contribution in [0.1, 0.15) is 17.3 Å². The van der Waals surface area contributed by atoms with Gasteiger partial charge in [0.2, 0.25) is 5.12 Å². The average molecular weight is 322 g/mol. The molecule has 1 rings (SSSR count). The van der Waals surface area contributed by atoms with Gasteiger partial charge in [-0.1, -0.05) is 0 Å². The van der Waals surface area contributed by atoms with Crippen molar-refractivity contribution in [2.75, 3.05) is 0 Å². The van der Waals surface area contributed by atoms with Crippen LogP contribution in [0, 0.1) is 3.57 Å². The van der Waals surface area contributed by atoms with Crippen molar-refractivity contribution in [2.45, 2.75) is 6.92 Å². The summed E-state index contributed by atoms with van der Waals surface area (Å²) in [5.41, 5.74) is 0.172. The quantitative estimate of drug-likeness (QED) is 0.807. The van der Waals surface area contributed by atoms with Gasteiger partial charge in [-0.25, -0.2) is 0 Å². The molecule has 0 saturated carbocycles. The van der Waals surface area contributed by atoms with Crippen molar-refractivity contribution in [3.05, 3.63) is 27.3 Å². The number of rotatable bonds is 1. The van der Waals surface area contributed by atoms with E-state index in [1.54, 1.807) is 6.07 Å². The van der Waals surface area contributed by atoms with Gasteiger partial charge in [-0.2, -0.15) is 0 Å². The standard InChI is InChI=1S/C9H7IO3S/c1-5(11)14-9(13)7-3-2-6(10)4-8(7)12/h2-4,12H,1H3. The van der Waals surface area contributed by atoms with Gasteiger partial charge >= 0.3 is 0 Å². The van der Waals surface area contributed by atoms with Gasteiger partial charge in [0.05, 0.1) is 5.56 Å². The molecule has 0 heterocycles. The van der Waals surface area contributed by atoms with Crippen molar-refractivity contribution in [3.8, 4) is 5.75 Å². The number of carbonyl (C=O) groups is 2. The molecule has 1 aromatic rings. The van der Waals surface area contributed by atoms with Crippen molar-refractivity contribution in [3.63, 3.8) is 0 Å². The third-order valence-electron chi connectivity index (χ3n) is 1.42. The molecule has 0 aliphatic carbocycles. The molecular weight excluding hydrogens is 315 g/mol. The van der Waals surface area contributed by atoms with Gasteiger partial charge in [0, 0.05) is 10.5 Å². The number of hydrogen-bond acceptors (Lipinski definition) is 4. The summed E-state index contributed by atoms with van der Waals surface area (Å²) in [6, 6.07) is 4.69. The fourth-order valence-electron chi connectivity index (χ4n) is 0.863. The monoisotopic (exact) mass is 322 g/mol. The van der Waals surface area contributed by atoms with Crippen LogP contribution in [0.5, 0.6) is 5.75 Å². The van der Waals surface area contributed by atoms with Crippen LogP contribution in [-0.2, 0) is 4.79 Å². The largest absolute Gasteiger partial charge is 0.507 e. The second kappa shape index (κ2) is 4.79. The van der Waals surface area contributed by atoms with Crippen LogP contribution in [0.2, 0.25) is 0 Å². The Labute approximate surface area is 99.0 Å². The molecule has 0 aliphatic heterocycles. The number of phenols is 1. The summed E-state index contributed by atoms with van der Waals surface area (Å²) < 4.78 is 0.837. The van der Waals surface area contributed by atoms with E-state index in [4.69, 9.17) is 0 Å². The molecule has 0 unspecified atom stereocenters. The second-order valence-electron chi connectivity index (χ2n) is 2.54. The number of benzene rings is 1. The third kappa shape index (κ3) is 2.98. The summed E-state index contributed by atoms with van der Waals surface area (Å²) in [7, 11) is 0. The second-order valence-corrected chi connectivity index (χ2v) is 4.94. The van der Waals surface area contributed by atoms with Gasteiger partial charge in [-0.05, 0) is 52.6 Å². The van der Waals surface area contributed by atoms with E-state index in [1.165, 1.54) is 19.1 Å². The van der Waals surface area contributed by atoms with E-state index in [0.29, 0.717) is 11.8 Å². The highest BCUT2D eigenvalue weighted by Gasteiger charge is 2.13. The van der Waals surface area contributed by atoms with Crippen LogP contribution in [0.25, 0.3) is 0 Å². The number of carbonyl (C=O) groups excluding carboxylic acids is 2. The number of hydrogen-bond donors (Lipinski definition) is 1. The lowest BCUT2D eigenvalue weighted by atomic mass is 10.2. The Morgan fingerprint density at radius 1 is 1.43 bits per heavy atom. The molecule has 1 N–H and O–H groups in total. The highest BCUT2D eigenvalue weighted by molar-refractivity contribution is 14.1. The SMILES string of the molecule is CC(=O)SC(=O)c1ccc(I)cc1O. The summed E-state index contributed by atoms with van der Waals surface area (Å²) in [4.78, 5) is 22.0. The minimum Gasteiger partial charge on any atom is -0.507 e. The van der Waals surface area contributed by atoms with Crippen LogP contribution < -0.4 is 0 Å². The Balaban J connectivity index is 2.96. The Morgan fingerprint density at radius 3 is 2.57 bits per heavy atom. The van der Waals surface area contributed by atoms with Crippen LogP contribution >= 0.6 is 34.4 Å². The fraction of sp³-hybridized carbons (Fsp3) is 0.111. The van der Waals surface area contributed by atoms with E-state index in [9.17, 15) is 14.7 Å². The van der Waals surface area contributed by atoms with E-state index >= 15 is 0 Å². The molecule has 3 nitrogen and oxygen atoms in total. The first-order valence-corrected chi connectivity index (χ1v) is 5.61. The summed E-state index contributed by atoms with van der Waals surface area (Å²) in [6.45, 7) is 1.31. The van der Waals surface area contributed by atoms with E-state index in [-0.39, 0.29) is 16.4 Å². The predicted molar refractivity (Wildman–Crippen MR) is 63.4 cm³/mol. The number of halogens is 1. The third-order valence-corrected chi connectivity index (χ3v) is 2.78. The lowest BCUT2D eigenvalue weighted by molar-refractivity contribution is -0.109. The maximum absolute atomic E-state index is 11.4. The zero-order chi connectivity index (χ0) is 10.7. The molecule has 0 saturated heterocycles. The van der Waals surface area contributed by atoms with Gasteiger partial charge < -0.3 is 5.11 Å². The number of aromatic hydroxyl groups is 1. The molecule has 0 radical (unpaired) electrons. The molecular formula is C9H7IO3S. The average Bonchev–Trinajstić information content (AvgIpc) is 2.01. The highest BCUT2D eigenvalue weighted by Crippen LogP contribution is 2.24. The first kappa shape index (κ1) is 11.5. The van der Waals surface area contributed by atoms with Gasteiger partial charge in [-0.3, -0.25) is 9.59 Å². The maximum Gasteiger partial charge on any atom is 0.230 e. The Kier molecular flexibility index (Phi) is 3.94. The van der Waals surface area contributed by atoms with Crippen molar-refractivity contribution in [1.29, 1.82) is 0 Å². The van der Waals surface area contributed by atoms with Crippen molar-refractivity contribution < 1.29 is 14.7 Å². The smallest absolute Gasteiger partial charge is 0.230 e. The summed E-state index contributed by atoms with van der Waals surface area (Å²) in [5, 5.41) is 8.72. The van der Waals surface area contributed by atoms with Gasteiger partial charge in [-0.15, -0.1) is 0 Å². The van der Waals surface area contributed by atoms with E-state index in [1.807, 2.05) is 22.6 Å². The van der Waals surface area contributed by atoms with Crippen molar-refractivity contribution >= 4 is 44.6 Å².